The standard InChI is InChI=1S/C16H25ClN2O/c1-12(2)18-10-6-9-16(20)19-13(3)11-14-7-4-5-8-15(14)17/h4-5,7-8,12-13,18H,6,9-11H2,1-3H3,(H,19,20). The van der Waals surface area contributed by atoms with Crippen LogP contribution in [0.15, 0.2) is 24.3 Å². The number of carbonyl (C=O) groups is 1. The number of rotatable bonds is 8. The monoisotopic (exact) mass is 296 g/mol. The molecule has 4 heteroatoms. The lowest BCUT2D eigenvalue weighted by Gasteiger charge is -2.15. The quantitative estimate of drug-likeness (QED) is 0.724. The fourth-order valence-electron chi connectivity index (χ4n) is 2.03. The van der Waals surface area contributed by atoms with Gasteiger partial charge in [0.05, 0.1) is 0 Å². The maximum absolute atomic E-state index is 11.8. The lowest BCUT2D eigenvalue weighted by Crippen LogP contribution is -2.34. The van der Waals surface area contributed by atoms with E-state index in [1.165, 1.54) is 0 Å². The molecule has 0 aromatic heterocycles. The lowest BCUT2D eigenvalue weighted by molar-refractivity contribution is -0.121. The molecule has 20 heavy (non-hydrogen) atoms. The van der Waals surface area contributed by atoms with Crippen molar-refractivity contribution in [3.63, 3.8) is 0 Å². The van der Waals surface area contributed by atoms with Gasteiger partial charge in [0.25, 0.3) is 0 Å². The second-order valence-electron chi connectivity index (χ2n) is 5.48. The summed E-state index contributed by atoms with van der Waals surface area (Å²) in [6.07, 6.45) is 2.19. The van der Waals surface area contributed by atoms with E-state index in [0.717, 1.165) is 30.0 Å². The second kappa shape index (κ2) is 8.98. The van der Waals surface area contributed by atoms with Crippen molar-refractivity contribution in [3.05, 3.63) is 34.9 Å². The molecule has 0 saturated heterocycles. The van der Waals surface area contributed by atoms with Crippen LogP contribution in [0.1, 0.15) is 39.2 Å². The van der Waals surface area contributed by atoms with Gasteiger partial charge in [-0.05, 0) is 37.9 Å². The predicted octanol–water partition coefficient (Wildman–Crippen LogP) is 3.17. The van der Waals surface area contributed by atoms with Gasteiger partial charge < -0.3 is 10.6 Å². The topological polar surface area (TPSA) is 41.1 Å². The molecule has 0 fully saturated rings. The minimum absolute atomic E-state index is 0.0976. The molecule has 3 nitrogen and oxygen atoms in total. The molecular formula is C16H25ClN2O. The molecule has 1 unspecified atom stereocenters. The van der Waals surface area contributed by atoms with E-state index in [-0.39, 0.29) is 11.9 Å². The normalized spacial score (nSPS) is 12.4. The number of hydrogen-bond acceptors (Lipinski definition) is 2. The third-order valence-electron chi connectivity index (χ3n) is 3.02. The number of hydrogen-bond donors (Lipinski definition) is 2. The van der Waals surface area contributed by atoms with Crippen LogP contribution in [0.5, 0.6) is 0 Å². The van der Waals surface area contributed by atoms with Crippen molar-refractivity contribution in [2.24, 2.45) is 0 Å². The van der Waals surface area contributed by atoms with Gasteiger partial charge in [0.2, 0.25) is 5.91 Å². The van der Waals surface area contributed by atoms with Crippen LogP contribution in [0.2, 0.25) is 5.02 Å². The molecule has 1 atom stereocenters. The van der Waals surface area contributed by atoms with Crippen LogP contribution in [0.25, 0.3) is 0 Å². The smallest absolute Gasteiger partial charge is 0.220 e. The van der Waals surface area contributed by atoms with E-state index in [2.05, 4.69) is 24.5 Å². The van der Waals surface area contributed by atoms with E-state index in [9.17, 15) is 4.79 Å². The summed E-state index contributed by atoms with van der Waals surface area (Å²) >= 11 is 6.12. The van der Waals surface area contributed by atoms with E-state index in [1.54, 1.807) is 0 Å². The Kier molecular flexibility index (Phi) is 7.63. The summed E-state index contributed by atoms with van der Waals surface area (Å²) in [5.74, 6) is 0.107. The average molecular weight is 297 g/mol. The van der Waals surface area contributed by atoms with Gasteiger partial charge in [0.1, 0.15) is 0 Å². The van der Waals surface area contributed by atoms with Gasteiger partial charge >= 0.3 is 0 Å². The maximum Gasteiger partial charge on any atom is 0.220 e. The first-order valence-electron chi connectivity index (χ1n) is 7.25. The van der Waals surface area contributed by atoms with Crippen LogP contribution >= 0.6 is 11.6 Å². The lowest BCUT2D eigenvalue weighted by atomic mass is 10.1. The van der Waals surface area contributed by atoms with Crippen molar-refractivity contribution in [2.45, 2.75) is 52.1 Å². The van der Waals surface area contributed by atoms with Gasteiger partial charge in [-0.1, -0.05) is 43.6 Å². The molecular weight excluding hydrogens is 272 g/mol. The molecule has 0 spiro atoms. The van der Waals surface area contributed by atoms with Crippen molar-refractivity contribution in [1.29, 1.82) is 0 Å². The SMILES string of the molecule is CC(C)NCCCC(=O)NC(C)Cc1ccccc1Cl. The Labute approximate surface area is 127 Å². The van der Waals surface area contributed by atoms with Crippen LogP contribution in [0.4, 0.5) is 0 Å². The van der Waals surface area contributed by atoms with Crippen molar-refractivity contribution in [1.82, 2.24) is 10.6 Å². The Balaban J connectivity index is 2.26. The number of benzene rings is 1. The Morgan fingerprint density at radius 2 is 1.95 bits per heavy atom. The Bertz CT molecular complexity index is 421. The highest BCUT2D eigenvalue weighted by molar-refractivity contribution is 6.31. The van der Waals surface area contributed by atoms with E-state index >= 15 is 0 Å². The van der Waals surface area contributed by atoms with Crippen LogP contribution in [0.3, 0.4) is 0 Å². The highest BCUT2D eigenvalue weighted by Crippen LogP contribution is 2.16. The number of nitrogens with one attached hydrogen (secondary N) is 2. The van der Waals surface area contributed by atoms with Crippen molar-refractivity contribution in [3.8, 4) is 0 Å². The molecule has 1 amide bonds. The third-order valence-corrected chi connectivity index (χ3v) is 3.39. The maximum atomic E-state index is 11.8. The molecule has 1 aromatic carbocycles. The first-order chi connectivity index (χ1) is 9.49. The first kappa shape index (κ1) is 17.0. The third kappa shape index (κ3) is 6.92. The highest BCUT2D eigenvalue weighted by Gasteiger charge is 2.09. The van der Waals surface area contributed by atoms with Gasteiger partial charge in [-0.15, -0.1) is 0 Å². The van der Waals surface area contributed by atoms with Crippen LogP contribution in [0, 0.1) is 0 Å². The van der Waals surface area contributed by atoms with E-state index in [1.807, 2.05) is 31.2 Å². The predicted molar refractivity (Wildman–Crippen MR) is 85.1 cm³/mol. The van der Waals surface area contributed by atoms with E-state index in [0.29, 0.717) is 12.5 Å². The van der Waals surface area contributed by atoms with Gasteiger partial charge in [0.15, 0.2) is 0 Å². The molecule has 0 aliphatic heterocycles. The average Bonchev–Trinajstić information content (AvgIpc) is 2.37. The van der Waals surface area contributed by atoms with E-state index < -0.39 is 0 Å². The summed E-state index contributed by atoms with van der Waals surface area (Å²) in [7, 11) is 0. The van der Waals surface area contributed by atoms with Gasteiger partial charge in [-0.25, -0.2) is 0 Å². The minimum Gasteiger partial charge on any atom is -0.353 e. The summed E-state index contributed by atoms with van der Waals surface area (Å²) in [4.78, 5) is 11.8. The molecule has 0 saturated carbocycles. The number of carbonyl (C=O) groups excluding carboxylic acids is 1. The molecule has 1 aromatic rings. The first-order valence-corrected chi connectivity index (χ1v) is 7.63. The van der Waals surface area contributed by atoms with Gasteiger partial charge in [0, 0.05) is 23.5 Å². The summed E-state index contributed by atoms with van der Waals surface area (Å²) in [5, 5.41) is 7.08. The van der Waals surface area contributed by atoms with Crippen LogP contribution in [-0.2, 0) is 11.2 Å². The van der Waals surface area contributed by atoms with Gasteiger partial charge in [-0.2, -0.15) is 0 Å². The van der Waals surface area contributed by atoms with Crippen LogP contribution in [-0.4, -0.2) is 24.5 Å². The molecule has 0 aliphatic rings. The fraction of sp³-hybridized carbons (Fsp3) is 0.562. The Hall–Kier alpha value is -1.06. The minimum atomic E-state index is 0.0976. The Morgan fingerprint density at radius 3 is 2.60 bits per heavy atom. The van der Waals surface area contributed by atoms with Crippen LogP contribution < -0.4 is 10.6 Å². The zero-order valence-corrected chi connectivity index (χ0v) is 13.3. The highest BCUT2D eigenvalue weighted by atomic mass is 35.5. The second-order valence-corrected chi connectivity index (χ2v) is 5.88. The fourth-order valence-corrected chi connectivity index (χ4v) is 2.24. The molecule has 0 bridgehead atoms. The summed E-state index contributed by atoms with van der Waals surface area (Å²) in [5.41, 5.74) is 1.07. The molecule has 0 heterocycles. The van der Waals surface area contributed by atoms with Crippen molar-refractivity contribution < 1.29 is 4.79 Å². The van der Waals surface area contributed by atoms with Crippen molar-refractivity contribution >= 4 is 17.5 Å². The van der Waals surface area contributed by atoms with Gasteiger partial charge in [-0.3, -0.25) is 4.79 Å². The largest absolute Gasteiger partial charge is 0.353 e. The molecule has 1 rings (SSSR count). The Morgan fingerprint density at radius 1 is 1.25 bits per heavy atom. The molecule has 2 N–H and O–H groups in total. The van der Waals surface area contributed by atoms with Crippen molar-refractivity contribution in [2.75, 3.05) is 6.54 Å². The number of amides is 1. The molecule has 0 radical (unpaired) electrons. The summed E-state index contributed by atoms with van der Waals surface area (Å²) in [6.45, 7) is 7.09. The zero-order valence-electron chi connectivity index (χ0n) is 12.6. The molecule has 112 valence electrons. The van der Waals surface area contributed by atoms with E-state index in [4.69, 9.17) is 11.6 Å². The number of halogens is 1. The zero-order chi connectivity index (χ0) is 15.0. The summed E-state index contributed by atoms with van der Waals surface area (Å²) < 4.78 is 0. The summed E-state index contributed by atoms with van der Waals surface area (Å²) in [6, 6.07) is 8.32. The molecule has 0 aliphatic carbocycles.